The van der Waals surface area contributed by atoms with Gasteiger partial charge in [0.15, 0.2) is 34.1 Å². The molecule has 688 valence electrons. The second kappa shape index (κ2) is 39.4. The summed E-state index contributed by atoms with van der Waals surface area (Å²) in [5.74, 6) is 1.72. The van der Waals surface area contributed by atoms with Gasteiger partial charge >= 0.3 is 0 Å². The molecule has 25 heteroatoms. The van der Waals surface area contributed by atoms with Crippen molar-refractivity contribution in [3.05, 3.63) is 387 Å². The summed E-state index contributed by atoms with van der Waals surface area (Å²) >= 11 is 3.76. The van der Waals surface area contributed by atoms with Crippen LogP contribution in [-0.4, -0.2) is 119 Å². The highest BCUT2D eigenvalue weighted by atomic mass is 79.9. The molecule has 1 saturated heterocycles. The van der Waals surface area contributed by atoms with Crippen molar-refractivity contribution in [1.29, 1.82) is 0 Å². The minimum atomic E-state index is 0.0879. The predicted molar refractivity (Wildman–Crippen MR) is 557 cm³/mol. The molecule has 4 N–H and O–H groups in total. The highest BCUT2D eigenvalue weighted by Gasteiger charge is 2.33. The molecule has 0 radical (unpaired) electrons. The molecule has 12 aromatic carbocycles. The number of hydrogen-bond acceptors (Lipinski definition) is 16. The standard InChI is InChI=1S/C30H24BrN5O2.C30H24N4O.C28H20N4O3.C28H22N4O/c1-19-26-27(22-10-6-7-11-25(22)37)29(32-2)28(33-30(26)36(34-19)21-8-4-3-5-9-21)20-12-13-24(23(31)18-20)35-14-16-38-17-15-35;1-19-26-27(24-14-8-9-15-25(24)35)29(31-2)28(22-17-16-20-10-6-7-11-21(20)18-22)32-30(26)34(33-19)23-12-4-3-5-13-23;1-17-24-25(20-10-6-7-11-21(20)33)27(29-2)26(18-12-13-22-23(16-18)35-15-14-34-22)30-28(24)32(31-17)19-8-4-3-5-9-19;1-4-19-11-10-12-20(17-19)26-27(29-3)25(22-15-8-9-16-23(22)33)24-18(2)31-32(28(24)30-26)21-13-6-5-7-14-21/h3-13,18,37H,14-17H2,1H3;3-5,8-9,12-18,35H,6-7,10-11H2,1H3;3-13,16,33H,14-15H2,1H3;5-17,33H,4H2,1-2H3. The van der Waals surface area contributed by atoms with Crippen molar-refractivity contribution in [1.82, 2.24) is 59.1 Å². The smallest absolute Gasteiger partial charge is 0.221 e. The largest absolute Gasteiger partial charge is 0.507 e. The van der Waals surface area contributed by atoms with Crippen molar-refractivity contribution in [3.8, 4) is 147 Å². The van der Waals surface area contributed by atoms with E-state index in [9.17, 15) is 20.4 Å². The molecule has 1 fully saturated rings. The Morgan fingerprint density at radius 2 is 0.660 bits per heavy atom. The van der Waals surface area contributed by atoms with Gasteiger partial charge in [0.05, 0.1) is 113 Å². The maximum Gasteiger partial charge on any atom is 0.221 e. The Kier molecular flexibility index (Phi) is 25.4. The molecule has 0 spiro atoms. The molecule has 0 bridgehead atoms. The zero-order chi connectivity index (χ0) is 97.1. The lowest BCUT2D eigenvalue weighted by Gasteiger charge is -2.29. The van der Waals surface area contributed by atoms with Gasteiger partial charge in [-0.2, -0.15) is 20.4 Å². The van der Waals surface area contributed by atoms with Crippen LogP contribution in [0.4, 0.5) is 28.4 Å². The Bertz CT molecular complexity index is 8210. The van der Waals surface area contributed by atoms with Gasteiger partial charge < -0.3 is 39.5 Å². The maximum absolute atomic E-state index is 10.9. The number of aryl methyl sites for hydroxylation is 7. The molecule has 24 nitrogen and oxygen atoms in total. The number of benzene rings is 12. The third kappa shape index (κ3) is 17.3. The van der Waals surface area contributed by atoms with Crippen molar-refractivity contribution in [2.75, 3.05) is 44.4 Å². The second-order valence-corrected chi connectivity index (χ2v) is 35.1. The second-order valence-electron chi connectivity index (χ2n) is 34.2. The summed E-state index contributed by atoms with van der Waals surface area (Å²) in [6.45, 7) is 46.3. The molecule has 2 aliphatic heterocycles. The van der Waals surface area contributed by atoms with Crippen LogP contribution >= 0.6 is 15.9 Å². The van der Waals surface area contributed by atoms with E-state index in [1.807, 2.05) is 254 Å². The Balaban J connectivity index is 0.000000115. The molecule has 10 heterocycles. The van der Waals surface area contributed by atoms with Crippen LogP contribution in [0.2, 0.25) is 0 Å². The number of aromatic hydroxyl groups is 4. The van der Waals surface area contributed by atoms with Crippen LogP contribution in [-0.2, 0) is 24.0 Å². The van der Waals surface area contributed by atoms with Crippen LogP contribution in [0.25, 0.3) is 176 Å². The first-order chi connectivity index (χ1) is 69.0. The number of rotatable bonds is 14. The minimum Gasteiger partial charge on any atom is -0.507 e. The predicted octanol–water partition coefficient (Wildman–Crippen LogP) is 27.1. The van der Waals surface area contributed by atoms with Crippen molar-refractivity contribution in [2.45, 2.75) is 66.7 Å². The molecule has 0 atom stereocenters. The number of phenols is 4. The van der Waals surface area contributed by atoms with E-state index in [4.69, 9.17) is 80.8 Å². The summed E-state index contributed by atoms with van der Waals surface area (Å²) < 4.78 is 25.1. The highest BCUT2D eigenvalue weighted by Crippen LogP contribution is 2.54. The van der Waals surface area contributed by atoms with Crippen LogP contribution in [0.3, 0.4) is 0 Å². The molecule has 1 aliphatic carbocycles. The lowest BCUT2D eigenvalue weighted by Crippen LogP contribution is -2.36. The Morgan fingerprint density at radius 3 is 1.02 bits per heavy atom. The van der Waals surface area contributed by atoms with Crippen LogP contribution in [0.15, 0.2) is 302 Å². The Morgan fingerprint density at radius 1 is 0.333 bits per heavy atom. The number of hydrogen-bond donors (Lipinski definition) is 4. The quantitative estimate of drug-likeness (QED) is 0.0739. The van der Waals surface area contributed by atoms with Crippen LogP contribution in [0.1, 0.15) is 59.2 Å². The zero-order valence-corrected chi connectivity index (χ0v) is 79.1. The number of anilines is 1. The van der Waals surface area contributed by atoms with Crippen LogP contribution in [0.5, 0.6) is 34.5 Å². The van der Waals surface area contributed by atoms with E-state index in [-0.39, 0.29) is 23.0 Å². The molecule has 3 aliphatic rings. The van der Waals surface area contributed by atoms with Gasteiger partial charge in [0.2, 0.25) is 22.7 Å². The number of morpholine rings is 1. The first kappa shape index (κ1) is 90.9. The van der Waals surface area contributed by atoms with Crippen LogP contribution in [0, 0.1) is 54.0 Å². The lowest BCUT2D eigenvalue weighted by molar-refractivity contribution is 0.122. The van der Waals surface area contributed by atoms with Gasteiger partial charge in [0.25, 0.3) is 0 Å². The fourth-order valence-electron chi connectivity index (χ4n) is 19.0. The zero-order valence-electron chi connectivity index (χ0n) is 77.6. The molecule has 0 amide bonds. The number of phenolic OH excluding ortho intramolecular Hbond substituents is 4. The molecule has 0 saturated carbocycles. The van der Waals surface area contributed by atoms with Gasteiger partial charge in [-0.15, -0.1) is 0 Å². The van der Waals surface area contributed by atoms with Crippen molar-refractivity contribution in [2.24, 2.45) is 0 Å². The average Bonchev–Trinajstić information content (AvgIpc) is 1.61. The first-order valence-electron chi connectivity index (χ1n) is 46.3. The summed E-state index contributed by atoms with van der Waals surface area (Å²) in [6.07, 6.45) is 5.43. The fraction of sp³-hybridized carbons (Fsp3) is 0.138. The maximum atomic E-state index is 10.9. The number of aromatic nitrogens is 12. The monoisotopic (exact) mass is 1910 g/mol. The molecular formula is C116H90BrN17O7. The van der Waals surface area contributed by atoms with E-state index in [2.05, 4.69) is 83.5 Å². The third-order valence-corrected chi connectivity index (χ3v) is 26.3. The summed E-state index contributed by atoms with van der Waals surface area (Å²) in [7, 11) is 0. The molecule has 20 aromatic rings. The molecule has 0 unspecified atom stereocenters. The normalized spacial score (nSPS) is 12.5. The van der Waals surface area contributed by atoms with Gasteiger partial charge in [-0.25, -0.2) is 58.0 Å². The van der Waals surface area contributed by atoms with Crippen molar-refractivity contribution >= 4 is 88.5 Å². The summed E-state index contributed by atoms with van der Waals surface area (Å²) in [4.78, 5) is 38.2. The van der Waals surface area contributed by atoms with E-state index in [1.165, 1.54) is 29.5 Å². The minimum absolute atomic E-state index is 0.0879. The van der Waals surface area contributed by atoms with Crippen molar-refractivity contribution in [3.63, 3.8) is 0 Å². The number of pyridine rings is 4. The molecular weight excluding hydrogens is 1820 g/mol. The lowest BCUT2D eigenvalue weighted by atomic mass is 9.89. The molecule has 23 rings (SSSR count). The van der Waals surface area contributed by atoms with E-state index in [1.54, 1.807) is 53.2 Å². The van der Waals surface area contributed by atoms with E-state index in [0.717, 1.165) is 126 Å². The van der Waals surface area contributed by atoms with Gasteiger partial charge in [0, 0.05) is 83.6 Å². The van der Waals surface area contributed by atoms with E-state index >= 15 is 0 Å². The first-order valence-corrected chi connectivity index (χ1v) is 47.1. The van der Waals surface area contributed by atoms with Crippen LogP contribution < -0.4 is 14.4 Å². The van der Waals surface area contributed by atoms with Gasteiger partial charge in [0.1, 0.15) is 36.2 Å². The summed E-state index contributed by atoms with van der Waals surface area (Å²) in [6, 6.07) is 94.0. The highest BCUT2D eigenvalue weighted by molar-refractivity contribution is 9.10. The average molecular weight is 1910 g/mol. The summed E-state index contributed by atoms with van der Waals surface area (Å²) in [5.41, 5.74) is 26.0. The molecule has 141 heavy (non-hydrogen) atoms. The molecule has 8 aromatic heterocycles. The number of halogens is 1. The summed E-state index contributed by atoms with van der Waals surface area (Å²) in [5, 5.41) is 65.5. The topological polar surface area (TPSA) is 252 Å². The number of nitrogens with zero attached hydrogens (tertiary/aromatic N) is 17. The number of ether oxygens (including phenoxy) is 3. The van der Waals surface area contributed by atoms with Gasteiger partial charge in [-0.1, -0.05) is 207 Å². The fourth-order valence-corrected chi connectivity index (χ4v) is 19.6. The SMILES string of the molecule is [C-]#[N+]c1c(-c2ccc(N3CCOCC3)c(Br)c2)nc2c(c(C)nn2-c2ccccc2)c1-c1ccccc1O.[C-]#[N+]c1c(-c2ccc3c(c2)CCCC3)nc2c(c(C)nn2-c2ccccc2)c1-c1ccccc1O.[C-]#[N+]c1c(-c2ccc3c(c2)OCCO3)nc2c(c(C)nn2-c2ccccc2)c1-c1ccccc1O.[C-]#[N+]c1c(-c2cccc(CC)c2)nc2c(c(C)nn2-c2ccccc2)c1-c1ccccc1O. The number of para-hydroxylation sites is 8. The van der Waals surface area contributed by atoms with Crippen molar-refractivity contribution < 1.29 is 34.6 Å². The van der Waals surface area contributed by atoms with E-state index in [0.29, 0.717) is 156 Å². The Hall–Kier alpha value is -17.9. The number of fused-ring (bicyclic) bond motifs is 6. The third-order valence-electron chi connectivity index (χ3n) is 25.6. The van der Waals surface area contributed by atoms with Gasteiger partial charge in [-0.3, -0.25) is 0 Å². The van der Waals surface area contributed by atoms with Gasteiger partial charge in [-0.05, 0) is 212 Å². The van der Waals surface area contributed by atoms with E-state index < -0.39 is 0 Å². The Labute approximate surface area is 821 Å².